The molecule has 170 valence electrons. The summed E-state index contributed by atoms with van der Waals surface area (Å²) < 4.78 is 4.33. The van der Waals surface area contributed by atoms with Gasteiger partial charge in [-0.1, -0.05) is 0 Å². The smallest absolute Gasteiger partial charge is 0.550 e. The maximum absolute atomic E-state index is 10.5. The molecule has 0 aliphatic carbocycles. The van der Waals surface area contributed by atoms with Crippen molar-refractivity contribution in [2.75, 3.05) is 0 Å². The Morgan fingerprint density at radius 1 is 0.719 bits per heavy atom. The van der Waals surface area contributed by atoms with Crippen LogP contribution in [0.5, 0.6) is 0 Å². The SMILES string of the molecule is O=C(O)CC(O)(CC(=O)O)C(=O)O.O=C([O-])CC(OC(CC(=O)O)C(=O)O)C(=O)[O-].[Na+].[Na+]. The molecule has 2 atom stereocenters. The quantitative estimate of drug-likeness (QED) is 0.132. The van der Waals surface area contributed by atoms with E-state index in [1.165, 1.54) is 0 Å². The molecule has 16 nitrogen and oxygen atoms in total. The van der Waals surface area contributed by atoms with Gasteiger partial charge in [0.1, 0.15) is 6.10 Å². The van der Waals surface area contributed by atoms with Crippen molar-refractivity contribution in [3.8, 4) is 0 Å². The predicted octanol–water partition coefficient (Wildman–Crippen LogP) is -11.1. The molecule has 0 aromatic carbocycles. The van der Waals surface area contributed by atoms with Crippen molar-refractivity contribution in [3.63, 3.8) is 0 Å². The zero-order valence-electron chi connectivity index (χ0n) is 16.7. The van der Waals surface area contributed by atoms with Crippen LogP contribution in [0.15, 0.2) is 0 Å². The van der Waals surface area contributed by atoms with E-state index >= 15 is 0 Å². The molecule has 6 N–H and O–H groups in total. The molecule has 0 fully saturated rings. The Morgan fingerprint density at radius 2 is 1.12 bits per heavy atom. The van der Waals surface area contributed by atoms with Crippen molar-refractivity contribution in [1.29, 1.82) is 0 Å². The number of carbonyl (C=O) groups excluding carboxylic acids is 2. The Kier molecular flexibility index (Phi) is 20.8. The van der Waals surface area contributed by atoms with E-state index in [2.05, 4.69) is 4.74 Å². The van der Waals surface area contributed by atoms with E-state index in [0.29, 0.717) is 0 Å². The molecule has 0 radical (unpaired) electrons. The normalized spacial score (nSPS) is 11.7. The molecule has 0 heterocycles. The maximum atomic E-state index is 10.5. The molecule has 18 heteroatoms. The Hall–Kier alpha value is -1.79. The fourth-order valence-electron chi connectivity index (χ4n) is 1.60. The molecule has 0 saturated heterocycles. The van der Waals surface area contributed by atoms with Crippen LogP contribution in [0.1, 0.15) is 25.7 Å². The number of ether oxygens (including phenoxy) is 1. The van der Waals surface area contributed by atoms with Crippen molar-refractivity contribution in [3.05, 3.63) is 0 Å². The van der Waals surface area contributed by atoms with Gasteiger partial charge in [-0.05, 0) is 0 Å². The molecular weight excluding hydrogens is 470 g/mol. The average Bonchev–Trinajstić information content (AvgIpc) is 2.51. The molecular formula is C14H16Na2O16. The van der Waals surface area contributed by atoms with Crippen molar-refractivity contribution in [1.82, 2.24) is 0 Å². The summed E-state index contributed by atoms with van der Waals surface area (Å²) in [6, 6.07) is 0. The van der Waals surface area contributed by atoms with E-state index in [1.54, 1.807) is 0 Å². The van der Waals surface area contributed by atoms with E-state index < -0.39 is 85.3 Å². The third-order valence-corrected chi connectivity index (χ3v) is 2.86. The number of carboxylic acids is 7. The fraction of sp³-hybridized carbons (Fsp3) is 0.500. The second-order valence-electron chi connectivity index (χ2n) is 5.42. The average molecular weight is 486 g/mol. The number of hydrogen-bond donors (Lipinski definition) is 6. The van der Waals surface area contributed by atoms with Crippen LogP contribution in [0.25, 0.3) is 0 Å². The van der Waals surface area contributed by atoms with Gasteiger partial charge in [0.25, 0.3) is 0 Å². The number of hydrogen-bond acceptors (Lipinski definition) is 11. The van der Waals surface area contributed by atoms with E-state index in [0.717, 1.165) is 0 Å². The molecule has 0 amide bonds. The first-order valence-electron chi connectivity index (χ1n) is 7.42. The fourth-order valence-corrected chi connectivity index (χ4v) is 1.60. The van der Waals surface area contributed by atoms with Crippen LogP contribution in [0, 0.1) is 0 Å². The van der Waals surface area contributed by atoms with E-state index in [9.17, 15) is 43.8 Å². The van der Waals surface area contributed by atoms with Gasteiger partial charge in [0.15, 0.2) is 11.7 Å². The zero-order valence-corrected chi connectivity index (χ0v) is 20.7. The van der Waals surface area contributed by atoms with Gasteiger partial charge in [0.2, 0.25) is 0 Å². The Morgan fingerprint density at radius 3 is 1.34 bits per heavy atom. The van der Waals surface area contributed by atoms with Gasteiger partial charge in [-0.3, -0.25) is 14.4 Å². The number of carboxylic acid groups (broad SMARTS) is 7. The van der Waals surface area contributed by atoms with Gasteiger partial charge in [-0.2, -0.15) is 0 Å². The number of aliphatic carboxylic acids is 7. The van der Waals surface area contributed by atoms with Crippen LogP contribution in [-0.2, 0) is 38.3 Å². The molecule has 2 unspecified atom stereocenters. The zero-order chi connectivity index (χ0) is 24.2. The number of aliphatic hydroxyl groups is 1. The molecule has 0 aliphatic heterocycles. The minimum absolute atomic E-state index is 0. The topological polar surface area (TPSA) is 296 Å². The first kappa shape index (κ1) is 37.5. The Labute approximate surface area is 222 Å². The van der Waals surface area contributed by atoms with Crippen LogP contribution in [0.2, 0.25) is 0 Å². The predicted molar refractivity (Wildman–Crippen MR) is 80.3 cm³/mol. The first-order chi connectivity index (χ1) is 13.5. The van der Waals surface area contributed by atoms with E-state index in [1.807, 2.05) is 0 Å². The summed E-state index contributed by atoms with van der Waals surface area (Å²) in [6.07, 6.45) is -8.49. The second-order valence-corrected chi connectivity index (χ2v) is 5.42. The second kappa shape index (κ2) is 17.7. The minimum atomic E-state index is -2.74. The van der Waals surface area contributed by atoms with Crippen molar-refractivity contribution in [2.24, 2.45) is 0 Å². The summed E-state index contributed by atoms with van der Waals surface area (Å²) in [5.74, 6) is -12.0. The van der Waals surface area contributed by atoms with Gasteiger partial charge in [0.05, 0.1) is 25.2 Å². The van der Waals surface area contributed by atoms with Crippen LogP contribution >= 0.6 is 0 Å². The number of rotatable bonds is 13. The van der Waals surface area contributed by atoms with Gasteiger partial charge >= 0.3 is 89.0 Å². The Balaban J connectivity index is -0.000000238. The summed E-state index contributed by atoms with van der Waals surface area (Å²) >= 11 is 0. The van der Waals surface area contributed by atoms with Crippen molar-refractivity contribution < 1.29 is 138 Å². The molecule has 0 aromatic rings. The number of carbonyl (C=O) groups is 7. The summed E-state index contributed by atoms with van der Waals surface area (Å²) in [7, 11) is 0. The van der Waals surface area contributed by atoms with Crippen molar-refractivity contribution >= 4 is 41.8 Å². The summed E-state index contributed by atoms with van der Waals surface area (Å²) in [4.78, 5) is 71.8. The van der Waals surface area contributed by atoms with Gasteiger partial charge in [-0.25, -0.2) is 9.59 Å². The summed E-state index contributed by atoms with van der Waals surface area (Å²) in [6.45, 7) is 0. The summed E-state index contributed by atoms with van der Waals surface area (Å²) in [5, 5.41) is 71.2. The minimum Gasteiger partial charge on any atom is -0.550 e. The van der Waals surface area contributed by atoms with E-state index in [-0.39, 0.29) is 59.1 Å². The van der Waals surface area contributed by atoms with E-state index in [4.69, 9.17) is 30.6 Å². The molecule has 0 aliphatic rings. The monoisotopic (exact) mass is 486 g/mol. The Bertz CT molecular complexity index is 657. The molecule has 0 spiro atoms. The van der Waals surface area contributed by atoms with Gasteiger partial charge in [-0.15, -0.1) is 0 Å². The molecule has 32 heavy (non-hydrogen) atoms. The third-order valence-electron chi connectivity index (χ3n) is 2.86. The maximum Gasteiger partial charge on any atom is 1.00 e. The third kappa shape index (κ3) is 17.8. The van der Waals surface area contributed by atoms with Gasteiger partial charge < -0.3 is 55.2 Å². The van der Waals surface area contributed by atoms with Crippen molar-refractivity contribution in [2.45, 2.75) is 43.5 Å². The molecule has 0 saturated carbocycles. The van der Waals surface area contributed by atoms with Crippen LogP contribution in [-0.4, -0.2) is 90.2 Å². The van der Waals surface area contributed by atoms with Crippen LogP contribution in [0.3, 0.4) is 0 Å². The molecule has 0 bridgehead atoms. The van der Waals surface area contributed by atoms with Gasteiger partial charge in [0, 0.05) is 12.4 Å². The van der Waals surface area contributed by atoms with Crippen LogP contribution < -0.4 is 69.3 Å². The largest absolute Gasteiger partial charge is 1.00 e. The molecule has 0 aromatic heterocycles. The van der Waals surface area contributed by atoms with Crippen LogP contribution in [0.4, 0.5) is 0 Å². The molecule has 0 rings (SSSR count). The summed E-state index contributed by atoms with van der Waals surface area (Å²) in [5.41, 5.74) is -2.74. The first-order valence-corrected chi connectivity index (χ1v) is 7.42. The standard InChI is InChI=1S/C8H10O9.C6H8O7.2Na/c9-5(10)1-3(7(13)14)17-4(8(15)16)2-6(11)12;7-3(8)1-6(13,5(11)12)2-4(9)10;;/h3-4H,1-2H2,(H,9,10)(H,11,12)(H,13,14)(H,15,16);13H,1-2H2,(H,7,8)(H,9,10)(H,11,12);;/q;;2*+1/p-2.